The van der Waals surface area contributed by atoms with Gasteiger partial charge in [-0.3, -0.25) is 0 Å². The van der Waals surface area contributed by atoms with Crippen LogP contribution in [0.5, 0.6) is 5.75 Å². The number of benzene rings is 3. The number of carboxylic acid groups (broad SMARTS) is 1. The van der Waals surface area contributed by atoms with E-state index < -0.39 is 5.97 Å². The molecule has 0 saturated heterocycles. The van der Waals surface area contributed by atoms with Crippen LogP contribution in [-0.2, 0) is 0 Å². The molecule has 3 aromatic carbocycles. The number of carboxylic acids is 1. The minimum atomic E-state index is -0.989. The Labute approximate surface area is 155 Å². The zero-order chi connectivity index (χ0) is 18.8. The lowest BCUT2D eigenvalue weighted by Crippen LogP contribution is -1.99. The maximum Gasteiger partial charge on any atom is 0.335 e. The molecule has 0 atom stereocenters. The van der Waals surface area contributed by atoms with Crippen molar-refractivity contribution in [1.82, 2.24) is 9.97 Å². The molecule has 0 radical (unpaired) electrons. The van der Waals surface area contributed by atoms with E-state index in [1.54, 1.807) is 25.3 Å². The average molecular weight is 356 g/mol. The summed E-state index contributed by atoms with van der Waals surface area (Å²) in [4.78, 5) is 20.8. The number of ether oxygens (including phenoxy) is 1. The van der Waals surface area contributed by atoms with Gasteiger partial charge in [0.15, 0.2) is 0 Å². The largest absolute Gasteiger partial charge is 0.497 e. The molecule has 5 nitrogen and oxygen atoms in total. The predicted molar refractivity (Wildman–Crippen MR) is 104 cm³/mol. The third-order valence-electron chi connectivity index (χ3n) is 4.32. The first kappa shape index (κ1) is 16.7. The zero-order valence-electron chi connectivity index (χ0n) is 14.6. The lowest BCUT2D eigenvalue weighted by Gasteiger charge is -2.11. The standard InChI is InChI=1S/C22H16N2O3/c1-27-17-10-7-15(8-11-17)21-20(14-5-3-2-4-6-14)23-18-12-9-16(22(25)26)13-19(18)24-21/h2-13H,1H3,(H,25,26). The van der Waals surface area contributed by atoms with E-state index in [4.69, 9.17) is 14.7 Å². The van der Waals surface area contributed by atoms with Crippen LogP contribution < -0.4 is 4.74 Å². The lowest BCUT2D eigenvalue weighted by molar-refractivity contribution is 0.0697. The number of hydrogen-bond donors (Lipinski definition) is 1. The maximum atomic E-state index is 11.3. The van der Waals surface area contributed by atoms with Crippen molar-refractivity contribution in [3.8, 4) is 28.3 Å². The Kier molecular flexibility index (Phi) is 4.26. The minimum Gasteiger partial charge on any atom is -0.497 e. The molecule has 5 heteroatoms. The lowest BCUT2D eigenvalue weighted by atomic mass is 10.0. The number of aromatic carboxylic acids is 1. The van der Waals surface area contributed by atoms with Gasteiger partial charge in [0.25, 0.3) is 0 Å². The SMILES string of the molecule is COc1ccc(-c2nc3cc(C(=O)O)ccc3nc2-c2ccccc2)cc1. The molecule has 27 heavy (non-hydrogen) atoms. The number of rotatable bonds is 4. The average Bonchev–Trinajstić information content (AvgIpc) is 2.73. The first-order chi connectivity index (χ1) is 13.2. The summed E-state index contributed by atoms with van der Waals surface area (Å²) in [5, 5.41) is 9.26. The van der Waals surface area contributed by atoms with E-state index >= 15 is 0 Å². The fourth-order valence-electron chi connectivity index (χ4n) is 2.93. The van der Waals surface area contributed by atoms with Crippen LogP contribution in [-0.4, -0.2) is 28.2 Å². The van der Waals surface area contributed by atoms with Gasteiger partial charge in [-0.25, -0.2) is 14.8 Å². The van der Waals surface area contributed by atoms with Crippen molar-refractivity contribution >= 4 is 17.0 Å². The van der Waals surface area contributed by atoms with Gasteiger partial charge in [-0.1, -0.05) is 30.3 Å². The first-order valence-electron chi connectivity index (χ1n) is 8.40. The summed E-state index contributed by atoms with van der Waals surface area (Å²) < 4.78 is 5.23. The van der Waals surface area contributed by atoms with E-state index in [1.807, 2.05) is 54.6 Å². The van der Waals surface area contributed by atoms with Gasteiger partial charge in [-0.15, -0.1) is 0 Å². The highest BCUT2D eigenvalue weighted by atomic mass is 16.5. The van der Waals surface area contributed by atoms with Crippen molar-refractivity contribution < 1.29 is 14.6 Å². The molecule has 1 aromatic heterocycles. The molecule has 0 fully saturated rings. The van der Waals surface area contributed by atoms with Gasteiger partial charge in [-0.2, -0.15) is 0 Å². The first-order valence-corrected chi connectivity index (χ1v) is 8.40. The van der Waals surface area contributed by atoms with E-state index in [2.05, 4.69) is 0 Å². The Bertz CT molecular complexity index is 1120. The zero-order valence-corrected chi connectivity index (χ0v) is 14.6. The summed E-state index contributed by atoms with van der Waals surface area (Å²) in [6.45, 7) is 0. The van der Waals surface area contributed by atoms with Gasteiger partial charge < -0.3 is 9.84 Å². The molecule has 1 heterocycles. The molecule has 1 N–H and O–H groups in total. The van der Waals surface area contributed by atoms with Gasteiger partial charge in [0.1, 0.15) is 5.75 Å². The van der Waals surface area contributed by atoms with Crippen LogP contribution in [0.25, 0.3) is 33.5 Å². The Morgan fingerprint density at radius 3 is 2.07 bits per heavy atom. The van der Waals surface area contributed by atoms with Gasteiger partial charge in [-0.05, 0) is 42.5 Å². The van der Waals surface area contributed by atoms with Gasteiger partial charge in [0.2, 0.25) is 0 Å². The minimum absolute atomic E-state index is 0.185. The Balaban J connectivity index is 1.97. The van der Waals surface area contributed by atoms with Gasteiger partial charge in [0.05, 0.1) is 35.1 Å². The summed E-state index contributed by atoms with van der Waals surface area (Å²) >= 11 is 0. The second-order valence-corrected chi connectivity index (χ2v) is 6.02. The van der Waals surface area contributed by atoms with Crippen LogP contribution in [0.4, 0.5) is 0 Å². The highest BCUT2D eigenvalue weighted by Crippen LogP contribution is 2.32. The van der Waals surface area contributed by atoms with Crippen LogP contribution in [0.2, 0.25) is 0 Å². The monoisotopic (exact) mass is 356 g/mol. The number of fused-ring (bicyclic) bond motifs is 1. The summed E-state index contributed by atoms with van der Waals surface area (Å²) in [6.07, 6.45) is 0. The van der Waals surface area contributed by atoms with Crippen molar-refractivity contribution in [2.24, 2.45) is 0 Å². The molecule has 0 aliphatic carbocycles. The molecular formula is C22H16N2O3. The molecule has 0 aliphatic heterocycles. The topological polar surface area (TPSA) is 72.3 Å². The quantitative estimate of drug-likeness (QED) is 0.575. The molecule has 4 aromatic rings. The third-order valence-corrected chi connectivity index (χ3v) is 4.32. The second kappa shape index (κ2) is 6.88. The Morgan fingerprint density at radius 1 is 0.815 bits per heavy atom. The van der Waals surface area contributed by atoms with Crippen molar-refractivity contribution in [3.05, 3.63) is 78.4 Å². The maximum absolute atomic E-state index is 11.3. The fourth-order valence-corrected chi connectivity index (χ4v) is 2.93. The van der Waals surface area contributed by atoms with Gasteiger partial charge in [0, 0.05) is 11.1 Å². The molecule has 0 aliphatic rings. The van der Waals surface area contributed by atoms with Crippen LogP contribution >= 0.6 is 0 Å². The third kappa shape index (κ3) is 3.22. The summed E-state index contributed by atoms with van der Waals surface area (Å²) in [5.41, 5.74) is 4.64. The summed E-state index contributed by atoms with van der Waals surface area (Å²) in [7, 11) is 1.62. The molecule has 0 spiro atoms. The van der Waals surface area contributed by atoms with E-state index in [-0.39, 0.29) is 5.56 Å². The molecule has 0 unspecified atom stereocenters. The molecule has 0 bridgehead atoms. The molecule has 132 valence electrons. The fraction of sp³-hybridized carbons (Fsp3) is 0.0455. The number of methoxy groups -OCH3 is 1. The number of nitrogens with zero attached hydrogens (tertiary/aromatic N) is 2. The number of aromatic nitrogens is 2. The highest BCUT2D eigenvalue weighted by molar-refractivity contribution is 5.94. The summed E-state index contributed by atoms with van der Waals surface area (Å²) in [5.74, 6) is -0.237. The molecule has 4 rings (SSSR count). The molecule has 0 amide bonds. The van der Waals surface area contributed by atoms with Crippen molar-refractivity contribution in [3.63, 3.8) is 0 Å². The van der Waals surface area contributed by atoms with E-state index in [9.17, 15) is 9.90 Å². The number of carbonyl (C=O) groups is 1. The van der Waals surface area contributed by atoms with Crippen LogP contribution in [0.15, 0.2) is 72.8 Å². The van der Waals surface area contributed by atoms with E-state index in [0.717, 1.165) is 22.6 Å². The van der Waals surface area contributed by atoms with Crippen LogP contribution in [0, 0.1) is 0 Å². The molecule has 0 saturated carbocycles. The predicted octanol–water partition coefficient (Wildman–Crippen LogP) is 4.67. The van der Waals surface area contributed by atoms with Crippen molar-refractivity contribution in [2.75, 3.05) is 7.11 Å². The van der Waals surface area contributed by atoms with Crippen LogP contribution in [0.1, 0.15) is 10.4 Å². The second-order valence-electron chi connectivity index (χ2n) is 6.02. The summed E-state index contributed by atoms with van der Waals surface area (Å²) in [6, 6.07) is 22.2. The van der Waals surface area contributed by atoms with Crippen molar-refractivity contribution in [2.45, 2.75) is 0 Å². The smallest absolute Gasteiger partial charge is 0.335 e. The molecular weight excluding hydrogens is 340 g/mol. The number of hydrogen-bond acceptors (Lipinski definition) is 4. The Hall–Kier alpha value is -3.73. The normalized spacial score (nSPS) is 10.7. The van der Waals surface area contributed by atoms with Crippen molar-refractivity contribution in [1.29, 1.82) is 0 Å². The van der Waals surface area contributed by atoms with E-state index in [0.29, 0.717) is 16.7 Å². The highest BCUT2D eigenvalue weighted by Gasteiger charge is 2.14. The van der Waals surface area contributed by atoms with Gasteiger partial charge >= 0.3 is 5.97 Å². The van der Waals surface area contributed by atoms with Crippen LogP contribution in [0.3, 0.4) is 0 Å². The Morgan fingerprint density at radius 2 is 1.44 bits per heavy atom. The van der Waals surface area contributed by atoms with E-state index in [1.165, 1.54) is 0 Å².